The zero-order chi connectivity index (χ0) is 18.4. The van der Waals surface area contributed by atoms with Crippen LogP contribution < -0.4 is 14.8 Å². The van der Waals surface area contributed by atoms with Crippen molar-refractivity contribution >= 4 is 17.5 Å². The van der Waals surface area contributed by atoms with Crippen molar-refractivity contribution in [1.29, 1.82) is 0 Å². The second-order valence-electron chi connectivity index (χ2n) is 6.20. The van der Waals surface area contributed by atoms with Gasteiger partial charge in [-0.1, -0.05) is 29.3 Å². The molecule has 0 unspecified atom stereocenters. The van der Waals surface area contributed by atoms with Crippen molar-refractivity contribution in [3.63, 3.8) is 0 Å². The molecule has 2 aromatic rings. The smallest absolute Gasteiger partial charge is 0.261 e. The fourth-order valence-electron chi connectivity index (χ4n) is 2.21. The van der Waals surface area contributed by atoms with Gasteiger partial charge in [-0.3, -0.25) is 4.79 Å². The van der Waals surface area contributed by atoms with Crippen LogP contribution in [0.1, 0.15) is 25.0 Å². The van der Waals surface area contributed by atoms with Crippen LogP contribution in [0.25, 0.3) is 0 Å². The summed E-state index contributed by atoms with van der Waals surface area (Å²) >= 11 is 5.99. The highest BCUT2D eigenvalue weighted by Gasteiger charge is 2.17. The first-order valence-corrected chi connectivity index (χ1v) is 8.65. The molecular weight excluding hydrogens is 338 g/mol. The zero-order valence-electron chi connectivity index (χ0n) is 15.0. The summed E-state index contributed by atoms with van der Waals surface area (Å²) in [6.45, 7) is 7.92. The monoisotopic (exact) mass is 361 g/mol. The first-order chi connectivity index (χ1) is 11.8. The van der Waals surface area contributed by atoms with E-state index in [0.717, 1.165) is 11.3 Å². The highest BCUT2D eigenvalue weighted by molar-refractivity contribution is 6.31. The molecule has 0 fully saturated rings. The summed E-state index contributed by atoms with van der Waals surface area (Å²) in [4.78, 5) is 12.2. The number of hydrogen-bond acceptors (Lipinski definition) is 3. The Morgan fingerprint density at radius 1 is 1.08 bits per heavy atom. The van der Waals surface area contributed by atoms with Crippen LogP contribution in [0.5, 0.6) is 11.5 Å². The van der Waals surface area contributed by atoms with E-state index in [1.54, 1.807) is 19.1 Å². The summed E-state index contributed by atoms with van der Waals surface area (Å²) in [5.41, 5.74) is 2.09. The zero-order valence-corrected chi connectivity index (χ0v) is 15.8. The van der Waals surface area contributed by atoms with E-state index in [9.17, 15) is 4.79 Å². The van der Waals surface area contributed by atoms with Crippen LogP contribution in [0.4, 0.5) is 0 Å². The molecular formula is C20H24ClNO3. The molecule has 0 saturated heterocycles. The Labute approximate surface area is 154 Å². The average molecular weight is 362 g/mol. The van der Waals surface area contributed by atoms with Gasteiger partial charge in [0.25, 0.3) is 5.91 Å². The number of carbonyl (C=O) groups is 1. The lowest BCUT2D eigenvalue weighted by atomic mass is 10.2. The molecule has 2 aromatic carbocycles. The molecule has 0 aliphatic heterocycles. The van der Waals surface area contributed by atoms with Gasteiger partial charge >= 0.3 is 0 Å². The number of aryl methyl sites for hydroxylation is 2. The van der Waals surface area contributed by atoms with E-state index >= 15 is 0 Å². The third-order valence-corrected chi connectivity index (χ3v) is 4.15. The lowest BCUT2D eigenvalue weighted by Crippen LogP contribution is -2.43. The van der Waals surface area contributed by atoms with E-state index < -0.39 is 6.10 Å². The highest BCUT2D eigenvalue weighted by Crippen LogP contribution is 2.21. The molecule has 4 nitrogen and oxygen atoms in total. The van der Waals surface area contributed by atoms with Gasteiger partial charge in [0.2, 0.25) is 0 Å². The molecule has 0 spiro atoms. The maximum atomic E-state index is 12.2. The minimum atomic E-state index is -0.609. The third-order valence-electron chi connectivity index (χ3n) is 3.72. The Morgan fingerprint density at radius 3 is 2.36 bits per heavy atom. The summed E-state index contributed by atoms with van der Waals surface area (Å²) in [6, 6.07) is 13.0. The van der Waals surface area contributed by atoms with E-state index in [4.69, 9.17) is 21.1 Å². The van der Waals surface area contributed by atoms with Crippen LogP contribution >= 0.6 is 11.6 Å². The molecule has 0 heterocycles. The predicted octanol–water partition coefficient (Wildman–Crippen LogP) is 4.31. The lowest BCUT2D eigenvalue weighted by Gasteiger charge is -2.19. The Kier molecular flexibility index (Phi) is 6.71. The van der Waals surface area contributed by atoms with Crippen LogP contribution in [0, 0.1) is 13.8 Å². The average Bonchev–Trinajstić information content (AvgIpc) is 2.57. The number of ether oxygens (including phenoxy) is 2. The van der Waals surface area contributed by atoms with E-state index in [2.05, 4.69) is 5.32 Å². The minimum Gasteiger partial charge on any atom is -0.491 e. The van der Waals surface area contributed by atoms with Crippen molar-refractivity contribution in [3.05, 3.63) is 58.6 Å². The van der Waals surface area contributed by atoms with E-state index in [1.807, 2.05) is 51.1 Å². The maximum absolute atomic E-state index is 12.2. The number of halogens is 1. The number of rotatable bonds is 7. The maximum Gasteiger partial charge on any atom is 0.261 e. The molecule has 0 aliphatic carbocycles. The first kappa shape index (κ1) is 19.1. The van der Waals surface area contributed by atoms with Gasteiger partial charge in [-0.05, 0) is 63.6 Å². The van der Waals surface area contributed by atoms with Crippen molar-refractivity contribution < 1.29 is 14.3 Å². The summed E-state index contributed by atoms with van der Waals surface area (Å²) in [7, 11) is 0. The summed E-state index contributed by atoms with van der Waals surface area (Å²) in [5, 5.41) is 3.57. The Bertz CT molecular complexity index is 715. The van der Waals surface area contributed by atoms with Crippen molar-refractivity contribution in [2.24, 2.45) is 0 Å². The number of amides is 1. The molecule has 2 rings (SSSR count). The second-order valence-corrected chi connectivity index (χ2v) is 6.61. The number of hydrogen-bond donors (Lipinski definition) is 1. The van der Waals surface area contributed by atoms with Crippen LogP contribution in [-0.4, -0.2) is 24.7 Å². The molecule has 1 amide bonds. The minimum absolute atomic E-state index is 0.133. The SMILES string of the molecule is Cc1ccc(OC[C@H](C)NC(=O)[C@H](C)Oc2ccc(Cl)c(C)c2)cc1. The van der Waals surface area contributed by atoms with Crippen LogP contribution in [0.2, 0.25) is 5.02 Å². The second kappa shape index (κ2) is 8.77. The number of nitrogens with one attached hydrogen (secondary N) is 1. The number of carbonyl (C=O) groups excluding carboxylic acids is 1. The quantitative estimate of drug-likeness (QED) is 0.799. The van der Waals surface area contributed by atoms with Gasteiger partial charge in [-0.2, -0.15) is 0 Å². The van der Waals surface area contributed by atoms with Gasteiger partial charge in [-0.25, -0.2) is 0 Å². The Hall–Kier alpha value is -2.20. The van der Waals surface area contributed by atoms with Gasteiger partial charge in [0, 0.05) is 5.02 Å². The topological polar surface area (TPSA) is 47.6 Å². The fourth-order valence-corrected chi connectivity index (χ4v) is 2.32. The predicted molar refractivity (Wildman–Crippen MR) is 101 cm³/mol. The van der Waals surface area contributed by atoms with Gasteiger partial charge in [0.05, 0.1) is 6.04 Å². The van der Waals surface area contributed by atoms with Gasteiger partial charge in [0.1, 0.15) is 18.1 Å². The van der Waals surface area contributed by atoms with Gasteiger partial charge in [-0.15, -0.1) is 0 Å². The molecule has 0 aromatic heterocycles. The van der Waals surface area contributed by atoms with Crippen molar-refractivity contribution in [2.75, 3.05) is 6.61 Å². The number of benzene rings is 2. The van der Waals surface area contributed by atoms with E-state index in [1.165, 1.54) is 5.56 Å². The summed E-state index contributed by atoms with van der Waals surface area (Å²) < 4.78 is 11.4. The molecule has 25 heavy (non-hydrogen) atoms. The third kappa shape index (κ3) is 5.98. The molecule has 2 atom stereocenters. The van der Waals surface area contributed by atoms with Crippen molar-refractivity contribution in [2.45, 2.75) is 39.8 Å². The summed E-state index contributed by atoms with van der Waals surface area (Å²) in [6.07, 6.45) is -0.609. The Balaban J connectivity index is 1.81. The summed E-state index contributed by atoms with van der Waals surface area (Å²) in [5.74, 6) is 1.22. The van der Waals surface area contributed by atoms with Crippen LogP contribution in [-0.2, 0) is 4.79 Å². The Morgan fingerprint density at radius 2 is 1.72 bits per heavy atom. The normalized spacial score (nSPS) is 13.0. The van der Waals surface area contributed by atoms with Gasteiger partial charge < -0.3 is 14.8 Å². The molecule has 0 bridgehead atoms. The van der Waals surface area contributed by atoms with Crippen molar-refractivity contribution in [3.8, 4) is 11.5 Å². The van der Waals surface area contributed by atoms with Crippen molar-refractivity contribution in [1.82, 2.24) is 5.32 Å². The lowest BCUT2D eigenvalue weighted by molar-refractivity contribution is -0.128. The van der Waals surface area contributed by atoms with Crippen LogP contribution in [0.3, 0.4) is 0 Å². The molecule has 134 valence electrons. The van der Waals surface area contributed by atoms with E-state index in [0.29, 0.717) is 17.4 Å². The standard InChI is InChI=1S/C20H24ClNO3/c1-13-5-7-17(8-6-13)24-12-15(3)22-20(23)16(4)25-18-9-10-19(21)14(2)11-18/h5-11,15-16H,12H2,1-4H3,(H,22,23)/t15-,16-/m0/s1. The fraction of sp³-hybridized carbons (Fsp3) is 0.350. The molecule has 0 radical (unpaired) electrons. The van der Waals surface area contributed by atoms with Crippen LogP contribution in [0.15, 0.2) is 42.5 Å². The largest absolute Gasteiger partial charge is 0.491 e. The molecule has 0 saturated carbocycles. The first-order valence-electron chi connectivity index (χ1n) is 8.28. The molecule has 5 heteroatoms. The molecule has 0 aliphatic rings. The van der Waals surface area contributed by atoms with Gasteiger partial charge in [0.15, 0.2) is 6.10 Å². The highest BCUT2D eigenvalue weighted by atomic mass is 35.5. The molecule has 1 N–H and O–H groups in total. The van der Waals surface area contributed by atoms with E-state index in [-0.39, 0.29) is 11.9 Å².